The predicted molar refractivity (Wildman–Crippen MR) is 123 cm³/mol. The summed E-state index contributed by atoms with van der Waals surface area (Å²) in [5, 5.41) is 0. The van der Waals surface area contributed by atoms with Gasteiger partial charge >= 0.3 is 5.97 Å². The molecule has 1 aromatic carbocycles. The zero-order valence-electron chi connectivity index (χ0n) is 19.2. The first-order valence-electron chi connectivity index (χ1n) is 11.6. The molecular weight excluding hydrogens is 372 g/mol. The fourth-order valence-corrected chi connectivity index (χ4v) is 3.28. The maximum Gasteiger partial charge on any atom is 0.308 e. The van der Waals surface area contributed by atoms with Crippen molar-refractivity contribution in [2.75, 3.05) is 6.61 Å². The van der Waals surface area contributed by atoms with E-state index in [9.17, 15) is 4.79 Å². The molecule has 0 radical (unpaired) electrons. The van der Waals surface area contributed by atoms with Gasteiger partial charge in [-0.1, -0.05) is 84.1 Å². The van der Waals surface area contributed by atoms with Crippen LogP contribution in [0.25, 0.3) is 11.4 Å². The Hall–Kier alpha value is -2.23. The lowest BCUT2D eigenvalue weighted by Crippen LogP contribution is -2.19. The zero-order chi connectivity index (χ0) is 21.8. The minimum Gasteiger partial charge on any atom is -0.465 e. The second kappa shape index (κ2) is 13.1. The fourth-order valence-electron chi connectivity index (χ4n) is 3.28. The van der Waals surface area contributed by atoms with Crippen molar-refractivity contribution < 1.29 is 9.53 Å². The van der Waals surface area contributed by atoms with Crippen LogP contribution in [0.5, 0.6) is 0 Å². The van der Waals surface area contributed by atoms with Crippen molar-refractivity contribution in [3.8, 4) is 11.4 Å². The lowest BCUT2D eigenvalue weighted by molar-refractivity contribution is -0.149. The zero-order valence-corrected chi connectivity index (χ0v) is 19.2. The van der Waals surface area contributed by atoms with Crippen LogP contribution in [0.2, 0.25) is 0 Å². The molecule has 0 aliphatic carbocycles. The summed E-state index contributed by atoms with van der Waals surface area (Å²) in [5.41, 5.74) is 3.33. The number of carbonyl (C=O) groups is 1. The number of rotatable bonds is 13. The topological polar surface area (TPSA) is 52.1 Å². The van der Waals surface area contributed by atoms with Crippen LogP contribution in [0, 0.1) is 11.8 Å². The Balaban J connectivity index is 1.84. The summed E-state index contributed by atoms with van der Waals surface area (Å²) in [7, 11) is 0. The molecule has 1 aromatic heterocycles. The summed E-state index contributed by atoms with van der Waals surface area (Å²) >= 11 is 0. The Bertz CT molecular complexity index is 741. The third kappa shape index (κ3) is 8.25. The first-order valence-corrected chi connectivity index (χ1v) is 11.6. The SMILES string of the molecule is CCCCCCCc1cnc(-c2ccc(CC(C)C(=O)OCC(C)CC)cc2)nc1. The van der Waals surface area contributed by atoms with Gasteiger partial charge in [-0.05, 0) is 36.3 Å². The minimum absolute atomic E-state index is 0.118. The van der Waals surface area contributed by atoms with E-state index in [0.29, 0.717) is 18.9 Å². The van der Waals surface area contributed by atoms with Crippen LogP contribution < -0.4 is 0 Å². The highest BCUT2D eigenvalue weighted by Gasteiger charge is 2.16. The van der Waals surface area contributed by atoms with E-state index in [0.717, 1.165) is 29.8 Å². The maximum atomic E-state index is 12.2. The van der Waals surface area contributed by atoms with Gasteiger partial charge in [0, 0.05) is 18.0 Å². The number of nitrogens with zero attached hydrogens (tertiary/aromatic N) is 2. The maximum absolute atomic E-state index is 12.2. The number of carbonyl (C=O) groups excluding carboxylic acids is 1. The van der Waals surface area contributed by atoms with Gasteiger partial charge in [0.2, 0.25) is 0 Å². The second-order valence-corrected chi connectivity index (χ2v) is 8.52. The van der Waals surface area contributed by atoms with Crippen molar-refractivity contribution in [2.24, 2.45) is 11.8 Å². The van der Waals surface area contributed by atoms with Gasteiger partial charge < -0.3 is 4.74 Å². The fraction of sp³-hybridized carbons (Fsp3) is 0.577. The van der Waals surface area contributed by atoms with Crippen molar-refractivity contribution in [1.82, 2.24) is 9.97 Å². The molecule has 1 heterocycles. The van der Waals surface area contributed by atoms with Gasteiger partial charge in [-0.2, -0.15) is 0 Å². The molecule has 0 saturated heterocycles. The van der Waals surface area contributed by atoms with Crippen LogP contribution in [0.1, 0.15) is 77.3 Å². The molecule has 0 aliphatic rings. The molecule has 4 heteroatoms. The molecule has 164 valence electrons. The van der Waals surface area contributed by atoms with E-state index in [-0.39, 0.29) is 11.9 Å². The van der Waals surface area contributed by atoms with Crippen LogP contribution in [0.3, 0.4) is 0 Å². The highest BCUT2D eigenvalue weighted by atomic mass is 16.5. The van der Waals surface area contributed by atoms with Crippen molar-refractivity contribution in [3.63, 3.8) is 0 Å². The van der Waals surface area contributed by atoms with E-state index < -0.39 is 0 Å². The van der Waals surface area contributed by atoms with E-state index in [1.807, 2.05) is 31.5 Å². The first-order chi connectivity index (χ1) is 14.5. The number of aromatic nitrogens is 2. The van der Waals surface area contributed by atoms with Crippen LogP contribution >= 0.6 is 0 Å². The Kier molecular flexibility index (Phi) is 10.5. The third-order valence-corrected chi connectivity index (χ3v) is 5.64. The number of unbranched alkanes of at least 4 members (excludes halogenated alkanes) is 4. The number of hydrogen-bond acceptors (Lipinski definition) is 4. The summed E-state index contributed by atoms with van der Waals surface area (Å²) in [6, 6.07) is 8.18. The van der Waals surface area contributed by atoms with E-state index >= 15 is 0 Å². The highest BCUT2D eigenvalue weighted by molar-refractivity contribution is 5.72. The monoisotopic (exact) mass is 410 g/mol. The molecular formula is C26H38N2O2. The highest BCUT2D eigenvalue weighted by Crippen LogP contribution is 2.18. The molecule has 2 rings (SSSR count). The molecule has 0 amide bonds. The molecule has 4 nitrogen and oxygen atoms in total. The first kappa shape index (κ1) is 24.0. The van der Waals surface area contributed by atoms with Crippen LogP contribution in [0.4, 0.5) is 0 Å². The standard InChI is InChI=1S/C26H38N2O2/c1-5-7-8-9-10-11-23-17-27-25(28-18-23)24-14-12-22(13-15-24)16-21(4)26(29)30-19-20(3)6-2/h12-15,17-18,20-21H,5-11,16,19H2,1-4H3. The predicted octanol–water partition coefficient (Wildman–Crippen LogP) is 6.42. The van der Waals surface area contributed by atoms with E-state index in [4.69, 9.17) is 4.74 Å². The Morgan fingerprint density at radius 1 is 0.933 bits per heavy atom. The van der Waals surface area contributed by atoms with Crippen molar-refractivity contribution >= 4 is 5.97 Å². The normalized spacial score (nSPS) is 13.1. The van der Waals surface area contributed by atoms with Gasteiger partial charge in [0.25, 0.3) is 0 Å². The Morgan fingerprint density at radius 2 is 1.60 bits per heavy atom. The van der Waals surface area contributed by atoms with E-state index in [1.54, 1.807) is 0 Å². The van der Waals surface area contributed by atoms with Gasteiger partial charge in [-0.25, -0.2) is 9.97 Å². The average molecular weight is 411 g/mol. The molecule has 2 unspecified atom stereocenters. The summed E-state index contributed by atoms with van der Waals surface area (Å²) in [4.78, 5) is 21.3. The molecule has 0 aliphatic heterocycles. The summed E-state index contributed by atoms with van der Waals surface area (Å²) in [5.74, 6) is 0.894. The molecule has 0 fully saturated rings. The molecule has 30 heavy (non-hydrogen) atoms. The summed E-state index contributed by atoms with van der Waals surface area (Å²) < 4.78 is 5.42. The Morgan fingerprint density at radius 3 is 2.23 bits per heavy atom. The number of ether oxygens (including phenoxy) is 1. The van der Waals surface area contributed by atoms with E-state index in [1.165, 1.54) is 37.7 Å². The smallest absolute Gasteiger partial charge is 0.308 e. The Labute approximate surface area is 182 Å². The van der Waals surface area contributed by atoms with Crippen LogP contribution in [0.15, 0.2) is 36.7 Å². The van der Waals surface area contributed by atoms with Gasteiger partial charge in [-0.3, -0.25) is 4.79 Å². The average Bonchev–Trinajstić information content (AvgIpc) is 2.78. The second-order valence-electron chi connectivity index (χ2n) is 8.52. The van der Waals surface area contributed by atoms with Crippen molar-refractivity contribution in [2.45, 2.75) is 79.1 Å². The largest absolute Gasteiger partial charge is 0.465 e. The number of benzene rings is 1. The van der Waals surface area contributed by atoms with Gasteiger partial charge in [0.05, 0.1) is 12.5 Å². The lowest BCUT2D eigenvalue weighted by Gasteiger charge is -2.14. The quantitative estimate of drug-likeness (QED) is 0.282. The third-order valence-electron chi connectivity index (χ3n) is 5.64. The number of aryl methyl sites for hydroxylation is 1. The van der Waals surface area contributed by atoms with Gasteiger partial charge in [-0.15, -0.1) is 0 Å². The molecule has 0 saturated carbocycles. The molecule has 0 bridgehead atoms. The van der Waals surface area contributed by atoms with Crippen LogP contribution in [-0.4, -0.2) is 22.5 Å². The molecule has 0 N–H and O–H groups in total. The molecule has 0 spiro atoms. The van der Waals surface area contributed by atoms with Gasteiger partial charge in [0.1, 0.15) is 0 Å². The molecule has 2 atom stereocenters. The number of esters is 1. The summed E-state index contributed by atoms with van der Waals surface area (Å²) in [6.45, 7) is 8.87. The van der Waals surface area contributed by atoms with Crippen molar-refractivity contribution in [3.05, 3.63) is 47.8 Å². The number of hydrogen-bond donors (Lipinski definition) is 0. The molecule has 2 aromatic rings. The van der Waals surface area contributed by atoms with Crippen LogP contribution in [-0.2, 0) is 22.4 Å². The minimum atomic E-state index is -0.146. The van der Waals surface area contributed by atoms with Gasteiger partial charge in [0.15, 0.2) is 5.82 Å². The lowest BCUT2D eigenvalue weighted by atomic mass is 10.00. The summed E-state index contributed by atoms with van der Waals surface area (Å²) in [6.07, 6.45) is 13.0. The van der Waals surface area contributed by atoms with Crippen molar-refractivity contribution in [1.29, 1.82) is 0 Å². The van der Waals surface area contributed by atoms with E-state index in [2.05, 4.69) is 42.9 Å².